The Labute approximate surface area is 176 Å². The summed E-state index contributed by atoms with van der Waals surface area (Å²) in [5, 5.41) is 3.28. The van der Waals surface area contributed by atoms with Gasteiger partial charge < -0.3 is 10.1 Å². The zero-order chi connectivity index (χ0) is 21.1. The number of hydrogen-bond acceptors (Lipinski definition) is 7. The molecular weight excluding hydrogens is 400 g/mol. The molecule has 0 atom stereocenters. The van der Waals surface area contributed by atoms with Crippen molar-refractivity contribution in [3.05, 3.63) is 71.7 Å². The minimum atomic E-state index is -0.729. The molecule has 0 aliphatic carbocycles. The van der Waals surface area contributed by atoms with E-state index >= 15 is 0 Å². The van der Waals surface area contributed by atoms with E-state index in [1.54, 1.807) is 6.07 Å². The van der Waals surface area contributed by atoms with Crippen LogP contribution in [-0.2, 0) is 9.53 Å². The zero-order valence-electron chi connectivity index (χ0n) is 16.4. The maximum atomic E-state index is 12.6. The van der Waals surface area contributed by atoms with E-state index in [2.05, 4.69) is 20.3 Å². The van der Waals surface area contributed by atoms with E-state index in [9.17, 15) is 9.59 Å². The summed E-state index contributed by atoms with van der Waals surface area (Å²) in [5.74, 6) is -1.16. The summed E-state index contributed by atoms with van der Waals surface area (Å²) in [6.07, 6.45) is 2.90. The monoisotopic (exact) mass is 418 g/mol. The number of aromatic nitrogens is 3. The van der Waals surface area contributed by atoms with Crippen LogP contribution in [0, 0.1) is 13.8 Å². The molecule has 2 aromatic carbocycles. The average Bonchev–Trinajstić information content (AvgIpc) is 3.19. The molecule has 0 saturated carbocycles. The molecule has 4 rings (SSSR count). The number of anilines is 1. The molecule has 0 aliphatic heterocycles. The van der Waals surface area contributed by atoms with Crippen LogP contribution in [0.4, 0.5) is 5.69 Å². The molecule has 2 aromatic heterocycles. The van der Waals surface area contributed by atoms with Crippen molar-refractivity contribution in [3.8, 4) is 10.7 Å². The van der Waals surface area contributed by atoms with Crippen molar-refractivity contribution in [1.82, 2.24) is 15.0 Å². The Morgan fingerprint density at radius 2 is 1.83 bits per heavy atom. The molecule has 1 N–H and O–H groups in total. The fraction of sp³-hybridized carbons (Fsp3) is 0.136. The second-order valence-corrected chi connectivity index (χ2v) is 7.69. The molecule has 0 radical (unpaired) electrons. The van der Waals surface area contributed by atoms with E-state index < -0.39 is 18.5 Å². The maximum Gasteiger partial charge on any atom is 0.359 e. The standard InChI is InChI=1S/C22H18N4O3S/c1-13-7-8-15(11-14(13)2)25-18(27)12-29-22(28)20-19(23-9-10-24-20)21-26-16-5-3-4-6-17(16)30-21/h3-11H,12H2,1-2H3,(H,25,27). The van der Waals surface area contributed by atoms with E-state index in [4.69, 9.17) is 4.74 Å². The molecule has 2 heterocycles. The van der Waals surface area contributed by atoms with Gasteiger partial charge in [-0.2, -0.15) is 0 Å². The van der Waals surface area contributed by atoms with Crippen LogP contribution < -0.4 is 5.32 Å². The van der Waals surface area contributed by atoms with Crippen molar-refractivity contribution >= 4 is 39.1 Å². The number of amides is 1. The van der Waals surface area contributed by atoms with E-state index in [-0.39, 0.29) is 5.69 Å². The Bertz CT molecular complexity index is 1220. The van der Waals surface area contributed by atoms with Crippen LogP contribution in [0.5, 0.6) is 0 Å². The Kier molecular flexibility index (Phi) is 5.49. The molecule has 1 amide bonds. The predicted molar refractivity (Wildman–Crippen MR) is 115 cm³/mol. The number of rotatable bonds is 5. The summed E-state index contributed by atoms with van der Waals surface area (Å²) in [6.45, 7) is 3.52. The Balaban J connectivity index is 1.47. The first kappa shape index (κ1) is 19.7. The number of esters is 1. The number of benzene rings is 2. The Morgan fingerprint density at radius 3 is 2.63 bits per heavy atom. The van der Waals surface area contributed by atoms with Gasteiger partial charge in [0.05, 0.1) is 10.2 Å². The molecule has 0 bridgehead atoms. The lowest BCUT2D eigenvalue weighted by Gasteiger charge is -2.09. The van der Waals surface area contributed by atoms with Gasteiger partial charge >= 0.3 is 5.97 Å². The molecular formula is C22H18N4O3S. The van der Waals surface area contributed by atoms with Crippen LogP contribution in [0.2, 0.25) is 0 Å². The van der Waals surface area contributed by atoms with Crippen LogP contribution >= 0.6 is 11.3 Å². The highest BCUT2D eigenvalue weighted by Crippen LogP contribution is 2.30. The van der Waals surface area contributed by atoms with Crippen LogP contribution in [0.1, 0.15) is 21.6 Å². The van der Waals surface area contributed by atoms with Crippen LogP contribution in [-0.4, -0.2) is 33.4 Å². The van der Waals surface area contributed by atoms with Gasteiger partial charge in [-0.15, -0.1) is 11.3 Å². The van der Waals surface area contributed by atoms with E-state index in [1.165, 1.54) is 23.7 Å². The van der Waals surface area contributed by atoms with E-state index in [1.807, 2.05) is 50.2 Å². The van der Waals surface area contributed by atoms with Gasteiger partial charge in [0.15, 0.2) is 12.3 Å². The second-order valence-electron chi connectivity index (χ2n) is 6.66. The smallest absolute Gasteiger partial charge is 0.359 e. The van der Waals surface area contributed by atoms with Crippen LogP contribution in [0.3, 0.4) is 0 Å². The number of aryl methyl sites for hydroxylation is 2. The molecule has 0 fully saturated rings. The molecule has 30 heavy (non-hydrogen) atoms. The molecule has 150 valence electrons. The third-order valence-corrected chi connectivity index (χ3v) is 5.56. The predicted octanol–water partition coefficient (Wildman–Crippen LogP) is 4.17. The highest BCUT2D eigenvalue weighted by Gasteiger charge is 2.21. The van der Waals surface area contributed by atoms with Gasteiger partial charge in [-0.25, -0.2) is 19.7 Å². The van der Waals surface area contributed by atoms with E-state index in [0.717, 1.165) is 21.3 Å². The summed E-state index contributed by atoms with van der Waals surface area (Å²) in [6, 6.07) is 13.2. The van der Waals surface area contributed by atoms with Crippen LogP contribution in [0.25, 0.3) is 20.9 Å². The number of carbonyl (C=O) groups excluding carboxylic acids is 2. The zero-order valence-corrected chi connectivity index (χ0v) is 17.2. The highest BCUT2D eigenvalue weighted by molar-refractivity contribution is 7.21. The number of carbonyl (C=O) groups is 2. The van der Waals surface area contributed by atoms with Gasteiger partial charge in [0.1, 0.15) is 10.7 Å². The number of para-hydroxylation sites is 1. The summed E-state index contributed by atoms with van der Waals surface area (Å²) in [4.78, 5) is 37.7. The number of nitrogens with zero attached hydrogens (tertiary/aromatic N) is 3. The highest BCUT2D eigenvalue weighted by atomic mass is 32.1. The maximum absolute atomic E-state index is 12.6. The minimum absolute atomic E-state index is 0.0236. The largest absolute Gasteiger partial charge is 0.451 e. The Morgan fingerprint density at radius 1 is 1.03 bits per heavy atom. The molecule has 0 saturated heterocycles. The third kappa shape index (κ3) is 4.18. The molecule has 0 spiro atoms. The molecule has 4 aromatic rings. The SMILES string of the molecule is Cc1ccc(NC(=O)COC(=O)c2nccnc2-c2nc3ccccc3s2)cc1C. The molecule has 8 heteroatoms. The van der Waals surface area contributed by atoms with E-state index in [0.29, 0.717) is 16.4 Å². The van der Waals surface area contributed by atoms with Crippen molar-refractivity contribution in [3.63, 3.8) is 0 Å². The minimum Gasteiger partial charge on any atom is -0.451 e. The van der Waals surface area contributed by atoms with Gasteiger partial charge in [0.25, 0.3) is 5.91 Å². The first-order valence-corrected chi connectivity index (χ1v) is 10.0. The van der Waals surface area contributed by atoms with Gasteiger partial charge in [0.2, 0.25) is 0 Å². The van der Waals surface area contributed by atoms with Crippen molar-refractivity contribution in [2.24, 2.45) is 0 Å². The summed E-state index contributed by atoms with van der Waals surface area (Å²) in [5.41, 5.74) is 4.01. The van der Waals surface area contributed by atoms with Crippen molar-refractivity contribution in [2.45, 2.75) is 13.8 Å². The van der Waals surface area contributed by atoms with Crippen LogP contribution in [0.15, 0.2) is 54.9 Å². The second kappa shape index (κ2) is 8.38. The first-order chi connectivity index (χ1) is 14.5. The number of nitrogens with one attached hydrogen (secondary N) is 1. The fourth-order valence-electron chi connectivity index (χ4n) is 2.83. The topological polar surface area (TPSA) is 94.1 Å². The quantitative estimate of drug-likeness (QED) is 0.489. The molecule has 0 aliphatic rings. The van der Waals surface area contributed by atoms with Crippen molar-refractivity contribution in [1.29, 1.82) is 0 Å². The summed E-state index contributed by atoms with van der Waals surface area (Å²) < 4.78 is 6.15. The molecule has 0 unspecified atom stereocenters. The number of fused-ring (bicyclic) bond motifs is 1. The first-order valence-electron chi connectivity index (χ1n) is 9.22. The lowest BCUT2D eigenvalue weighted by molar-refractivity contribution is -0.119. The summed E-state index contributed by atoms with van der Waals surface area (Å²) in [7, 11) is 0. The lowest BCUT2D eigenvalue weighted by atomic mass is 10.1. The van der Waals surface area contributed by atoms with Gasteiger partial charge in [-0.1, -0.05) is 18.2 Å². The summed E-state index contributed by atoms with van der Waals surface area (Å²) >= 11 is 1.41. The number of hydrogen-bond donors (Lipinski definition) is 1. The Hall–Kier alpha value is -3.65. The van der Waals surface area contributed by atoms with Crippen molar-refractivity contribution in [2.75, 3.05) is 11.9 Å². The van der Waals surface area contributed by atoms with Crippen molar-refractivity contribution < 1.29 is 14.3 Å². The number of thiazole rings is 1. The van der Waals surface area contributed by atoms with Gasteiger partial charge in [-0.05, 0) is 49.2 Å². The number of ether oxygens (including phenoxy) is 1. The fourth-order valence-corrected chi connectivity index (χ4v) is 3.80. The average molecular weight is 418 g/mol. The third-order valence-electron chi connectivity index (χ3n) is 4.51. The lowest BCUT2D eigenvalue weighted by Crippen LogP contribution is -2.22. The van der Waals surface area contributed by atoms with Gasteiger partial charge in [-0.3, -0.25) is 4.79 Å². The van der Waals surface area contributed by atoms with Gasteiger partial charge in [0, 0.05) is 18.1 Å². The molecule has 7 nitrogen and oxygen atoms in total. The normalized spacial score (nSPS) is 10.7.